The zero-order chi connectivity index (χ0) is 18.0. The van der Waals surface area contributed by atoms with Crippen LogP contribution in [0.2, 0.25) is 0 Å². The van der Waals surface area contributed by atoms with Crippen LogP contribution >= 0.6 is 0 Å². The first-order valence-corrected chi connectivity index (χ1v) is 7.34. The fraction of sp³-hybridized carbons (Fsp3) is 0.692. The Labute approximate surface area is 136 Å². The van der Waals surface area contributed by atoms with Crippen LogP contribution in [-0.4, -0.2) is 61.9 Å². The van der Waals surface area contributed by atoms with Crippen LogP contribution in [0.1, 0.15) is 20.1 Å². The lowest BCUT2D eigenvalue weighted by atomic mass is 10.1. The number of carbonyl (C=O) groups excluding carboxylic acids is 1. The Morgan fingerprint density at radius 2 is 2.12 bits per heavy atom. The first-order valence-electron chi connectivity index (χ1n) is 7.34. The predicted molar refractivity (Wildman–Crippen MR) is 78.8 cm³/mol. The van der Waals surface area contributed by atoms with Crippen molar-refractivity contribution >= 4 is 5.97 Å². The maximum Gasteiger partial charge on any atom is 0.347 e. The van der Waals surface area contributed by atoms with Gasteiger partial charge in [-0.25, -0.2) is 4.79 Å². The molecule has 1 saturated heterocycles. The van der Waals surface area contributed by atoms with E-state index in [0.29, 0.717) is 4.68 Å². The molecule has 0 saturated carbocycles. The van der Waals surface area contributed by atoms with Crippen molar-refractivity contribution in [1.82, 2.24) is 14.8 Å². The van der Waals surface area contributed by atoms with Crippen LogP contribution in [0.5, 0.6) is 0 Å². The van der Waals surface area contributed by atoms with Crippen LogP contribution in [0.25, 0.3) is 0 Å². The van der Waals surface area contributed by atoms with Gasteiger partial charge >= 0.3 is 11.7 Å². The van der Waals surface area contributed by atoms with Gasteiger partial charge in [0.1, 0.15) is 37.2 Å². The number of carbonyl (C=O) groups is 1. The molecule has 5 atom stereocenters. The minimum atomic E-state index is -1.50. The topological polar surface area (TPSA) is 170 Å². The van der Waals surface area contributed by atoms with E-state index in [2.05, 4.69) is 5.10 Å². The Hall–Kier alpha value is -2.08. The van der Waals surface area contributed by atoms with Crippen LogP contribution in [0.4, 0.5) is 0 Å². The molecule has 1 aliphatic heterocycles. The molecule has 2 rings (SSSR count). The van der Waals surface area contributed by atoms with E-state index >= 15 is 0 Å². The number of hydrogen-bond donors (Lipinski definition) is 4. The number of aliphatic hydroxyl groups excluding tert-OH is 2. The van der Waals surface area contributed by atoms with Crippen molar-refractivity contribution in [3.05, 3.63) is 27.0 Å². The molecule has 1 aromatic rings. The maximum atomic E-state index is 11.7. The summed E-state index contributed by atoms with van der Waals surface area (Å²) < 4.78 is 11.0. The van der Waals surface area contributed by atoms with E-state index < -0.39 is 47.8 Å². The van der Waals surface area contributed by atoms with Gasteiger partial charge in [0.05, 0.1) is 0 Å². The molecule has 1 aromatic heterocycles. The monoisotopic (exact) mass is 344 g/mol. The Kier molecular flexibility index (Phi) is 5.49. The number of H-pyrrole nitrogens is 1. The van der Waals surface area contributed by atoms with E-state index in [1.165, 1.54) is 0 Å². The molecule has 0 aromatic carbocycles. The second-order valence-corrected chi connectivity index (χ2v) is 5.83. The number of nitrogens with two attached hydrogens (primary N) is 1. The van der Waals surface area contributed by atoms with Crippen LogP contribution in [-0.2, 0) is 14.3 Å². The molecule has 3 unspecified atom stereocenters. The molecule has 0 aliphatic carbocycles. The van der Waals surface area contributed by atoms with Gasteiger partial charge in [-0.05, 0) is 5.92 Å². The number of aromatic nitrogens is 3. The van der Waals surface area contributed by atoms with Gasteiger partial charge in [-0.1, -0.05) is 13.8 Å². The van der Waals surface area contributed by atoms with Gasteiger partial charge in [-0.15, -0.1) is 0 Å². The number of aromatic amines is 1. The lowest BCUT2D eigenvalue weighted by Crippen LogP contribution is -2.40. The summed E-state index contributed by atoms with van der Waals surface area (Å²) in [7, 11) is 0. The second-order valence-electron chi connectivity index (χ2n) is 5.83. The van der Waals surface area contributed by atoms with E-state index in [9.17, 15) is 24.6 Å². The highest BCUT2D eigenvalue weighted by atomic mass is 16.6. The van der Waals surface area contributed by atoms with Crippen LogP contribution < -0.4 is 17.0 Å². The van der Waals surface area contributed by atoms with Crippen molar-refractivity contribution in [1.29, 1.82) is 0 Å². The third-order valence-corrected chi connectivity index (χ3v) is 3.70. The van der Waals surface area contributed by atoms with E-state index in [1.54, 1.807) is 13.8 Å². The lowest BCUT2D eigenvalue weighted by molar-refractivity contribution is -0.153. The molecule has 134 valence electrons. The molecular formula is C13H20N4O7. The van der Waals surface area contributed by atoms with Crippen LogP contribution in [0.3, 0.4) is 0 Å². The number of esters is 1. The highest BCUT2D eigenvalue weighted by Gasteiger charge is 2.45. The molecule has 5 N–H and O–H groups in total. The summed E-state index contributed by atoms with van der Waals surface area (Å²) in [6.07, 6.45) is -4.48. The normalized spacial score (nSPS) is 28.1. The first kappa shape index (κ1) is 18.3. The summed E-state index contributed by atoms with van der Waals surface area (Å²) in [6.45, 7) is 3.15. The smallest absolute Gasteiger partial charge is 0.347 e. The average molecular weight is 344 g/mol. The molecule has 2 heterocycles. The maximum absolute atomic E-state index is 11.7. The first-order chi connectivity index (χ1) is 11.2. The summed E-state index contributed by atoms with van der Waals surface area (Å²) >= 11 is 0. The van der Waals surface area contributed by atoms with E-state index in [1.807, 2.05) is 4.98 Å². The second kappa shape index (κ2) is 7.21. The fourth-order valence-corrected chi connectivity index (χ4v) is 2.14. The van der Waals surface area contributed by atoms with E-state index in [-0.39, 0.29) is 12.5 Å². The summed E-state index contributed by atoms with van der Waals surface area (Å²) in [6, 6.07) is -0.826. The highest BCUT2D eigenvalue weighted by molar-refractivity contribution is 5.75. The molecule has 24 heavy (non-hydrogen) atoms. The van der Waals surface area contributed by atoms with Crippen molar-refractivity contribution in [3.8, 4) is 0 Å². The van der Waals surface area contributed by atoms with Crippen molar-refractivity contribution < 1.29 is 24.5 Å². The predicted octanol–water partition coefficient (Wildman–Crippen LogP) is -2.92. The zero-order valence-electron chi connectivity index (χ0n) is 13.2. The molecule has 0 spiro atoms. The Bertz CT molecular complexity index is 700. The molecule has 11 heteroatoms. The summed E-state index contributed by atoms with van der Waals surface area (Å²) in [5.41, 5.74) is 4.03. The minimum Gasteiger partial charge on any atom is -0.462 e. The van der Waals surface area contributed by atoms with Gasteiger partial charge in [0, 0.05) is 0 Å². The fourth-order valence-electron chi connectivity index (χ4n) is 2.14. The molecule has 0 radical (unpaired) electrons. The number of rotatable bonds is 5. The molecule has 1 aliphatic rings. The number of nitrogens with zero attached hydrogens (tertiary/aromatic N) is 2. The third kappa shape index (κ3) is 3.70. The summed E-state index contributed by atoms with van der Waals surface area (Å²) in [4.78, 5) is 36.4. The largest absolute Gasteiger partial charge is 0.462 e. The Morgan fingerprint density at radius 1 is 1.46 bits per heavy atom. The number of nitrogens with one attached hydrogen (secondary N) is 1. The lowest BCUT2D eigenvalue weighted by Gasteiger charge is -2.18. The summed E-state index contributed by atoms with van der Waals surface area (Å²) in [5.74, 6) is -0.799. The zero-order valence-corrected chi connectivity index (χ0v) is 13.2. The van der Waals surface area contributed by atoms with E-state index in [4.69, 9.17) is 15.2 Å². The molecular weight excluding hydrogens is 324 g/mol. The molecule has 0 bridgehead atoms. The highest BCUT2D eigenvalue weighted by Crippen LogP contribution is 2.27. The van der Waals surface area contributed by atoms with Crippen molar-refractivity contribution in [3.63, 3.8) is 0 Å². The molecule has 0 amide bonds. The Morgan fingerprint density at radius 3 is 2.71 bits per heavy atom. The van der Waals surface area contributed by atoms with Crippen LogP contribution in [0.15, 0.2) is 15.8 Å². The van der Waals surface area contributed by atoms with Gasteiger partial charge in [0.2, 0.25) is 0 Å². The molecule has 11 nitrogen and oxygen atoms in total. The quantitative estimate of drug-likeness (QED) is 0.408. The van der Waals surface area contributed by atoms with Crippen molar-refractivity contribution in [2.24, 2.45) is 11.7 Å². The number of aliphatic hydroxyl groups is 2. The SMILES string of the molecule is CC(C)C(N)C(=O)OC[C@H]1O[C@@H](n2ncc(=O)[nH]c2=O)C(O)C1O. The van der Waals surface area contributed by atoms with Crippen molar-refractivity contribution in [2.45, 2.75) is 44.4 Å². The number of hydrogen-bond acceptors (Lipinski definition) is 9. The van der Waals surface area contributed by atoms with Crippen molar-refractivity contribution in [2.75, 3.05) is 6.61 Å². The average Bonchev–Trinajstić information content (AvgIpc) is 2.80. The van der Waals surface area contributed by atoms with Gasteiger partial charge < -0.3 is 25.4 Å². The number of ether oxygens (including phenoxy) is 2. The van der Waals surface area contributed by atoms with Gasteiger partial charge in [0.25, 0.3) is 5.56 Å². The molecule has 1 fully saturated rings. The van der Waals surface area contributed by atoms with Crippen LogP contribution in [0, 0.1) is 5.92 Å². The van der Waals surface area contributed by atoms with Gasteiger partial charge in [-0.2, -0.15) is 9.78 Å². The van der Waals surface area contributed by atoms with Gasteiger partial charge in [0.15, 0.2) is 6.23 Å². The minimum absolute atomic E-state index is 0.130. The standard InChI is InChI=1S/C13H20N4O7/c1-5(2)8(14)12(21)23-4-6-9(19)10(20)11(24-6)17-13(22)16-7(18)3-15-17/h3,5-6,8-11,19-20H,4,14H2,1-2H3,(H,16,18,22)/t6-,8?,9?,10?,11-/m1/s1. The third-order valence-electron chi connectivity index (χ3n) is 3.70. The Balaban J connectivity index is 2.06. The van der Waals surface area contributed by atoms with Gasteiger partial charge in [-0.3, -0.25) is 14.6 Å². The van der Waals surface area contributed by atoms with E-state index in [0.717, 1.165) is 6.20 Å². The summed E-state index contributed by atoms with van der Waals surface area (Å²) in [5, 5.41) is 23.6.